The summed E-state index contributed by atoms with van der Waals surface area (Å²) in [5, 5.41) is 4.87. The fourth-order valence-electron chi connectivity index (χ4n) is 4.61. The highest BCUT2D eigenvalue weighted by molar-refractivity contribution is 5.81. The number of hydrogen-bond acceptors (Lipinski definition) is 3. The molecule has 1 saturated carbocycles. The average Bonchev–Trinajstić information content (AvgIpc) is 3.61. The first-order chi connectivity index (χ1) is 16.0. The van der Waals surface area contributed by atoms with E-state index < -0.39 is 0 Å². The lowest BCUT2D eigenvalue weighted by Crippen LogP contribution is -2.34. The molecule has 2 aliphatic rings. The van der Waals surface area contributed by atoms with Gasteiger partial charge >= 0.3 is 0 Å². The van der Waals surface area contributed by atoms with Crippen molar-refractivity contribution in [3.63, 3.8) is 0 Å². The van der Waals surface area contributed by atoms with Gasteiger partial charge in [0.25, 0.3) is 0 Å². The molecule has 0 radical (unpaired) electrons. The summed E-state index contributed by atoms with van der Waals surface area (Å²) >= 11 is 0. The van der Waals surface area contributed by atoms with E-state index in [0.717, 1.165) is 42.8 Å². The quantitative estimate of drug-likeness (QED) is 0.534. The molecule has 0 bridgehead atoms. The molecule has 0 unspecified atom stereocenters. The molecule has 1 amide bonds. The fraction of sp³-hybridized carbons (Fsp3) is 0.385. The molecule has 1 aromatic heterocycles. The van der Waals surface area contributed by atoms with Crippen molar-refractivity contribution in [2.24, 2.45) is 5.92 Å². The van der Waals surface area contributed by atoms with Crippen molar-refractivity contribution < 1.29 is 13.6 Å². The Labute approximate surface area is 192 Å². The van der Waals surface area contributed by atoms with Crippen molar-refractivity contribution >= 4 is 5.91 Å². The lowest BCUT2D eigenvalue weighted by atomic mass is 10.0. The summed E-state index contributed by atoms with van der Waals surface area (Å²) in [6, 6.07) is 13.3. The van der Waals surface area contributed by atoms with Crippen molar-refractivity contribution in [2.75, 3.05) is 13.1 Å². The minimum absolute atomic E-state index is 0.142. The van der Waals surface area contributed by atoms with Crippen LogP contribution in [-0.4, -0.2) is 38.6 Å². The molecule has 0 saturated heterocycles. The third-order valence-electron chi connectivity index (χ3n) is 6.58. The Morgan fingerprint density at radius 2 is 1.97 bits per heavy atom. The molecule has 5 nitrogen and oxygen atoms in total. The van der Waals surface area contributed by atoms with Gasteiger partial charge in [0.15, 0.2) is 0 Å². The second-order valence-electron chi connectivity index (χ2n) is 8.94. The van der Waals surface area contributed by atoms with E-state index >= 15 is 0 Å². The van der Waals surface area contributed by atoms with Gasteiger partial charge in [-0.3, -0.25) is 9.69 Å². The van der Waals surface area contributed by atoms with Crippen LogP contribution in [-0.2, 0) is 30.8 Å². The minimum atomic E-state index is -0.311. The van der Waals surface area contributed by atoms with E-state index in [1.807, 2.05) is 34.7 Å². The van der Waals surface area contributed by atoms with Gasteiger partial charge in [-0.2, -0.15) is 5.10 Å². The number of aromatic nitrogens is 2. The van der Waals surface area contributed by atoms with Gasteiger partial charge in [-0.1, -0.05) is 24.3 Å². The Balaban J connectivity index is 1.47. The van der Waals surface area contributed by atoms with Gasteiger partial charge in [0.2, 0.25) is 5.91 Å². The van der Waals surface area contributed by atoms with Crippen LogP contribution in [0, 0.1) is 17.6 Å². The van der Waals surface area contributed by atoms with E-state index in [1.165, 1.54) is 18.2 Å². The first-order valence-electron chi connectivity index (χ1n) is 11.6. The summed E-state index contributed by atoms with van der Waals surface area (Å²) < 4.78 is 30.0. The Morgan fingerprint density at radius 3 is 2.70 bits per heavy atom. The lowest BCUT2D eigenvalue weighted by Gasteiger charge is -2.28. The monoisotopic (exact) mass is 450 g/mol. The molecule has 5 rings (SSSR count). The largest absolute Gasteiger partial charge is 0.337 e. The third-order valence-corrected chi connectivity index (χ3v) is 6.58. The van der Waals surface area contributed by atoms with Gasteiger partial charge in [0.05, 0.1) is 23.6 Å². The number of hydrogen-bond donors (Lipinski definition) is 0. The summed E-state index contributed by atoms with van der Waals surface area (Å²) in [7, 11) is 0. The molecular formula is C26H28F2N4O. The summed E-state index contributed by atoms with van der Waals surface area (Å²) in [5.74, 6) is -0.185. The first kappa shape index (κ1) is 21.8. The van der Waals surface area contributed by atoms with Crippen LogP contribution < -0.4 is 0 Å². The number of fused-ring (bicyclic) bond motifs is 1. The number of benzene rings is 2. The predicted molar refractivity (Wildman–Crippen MR) is 122 cm³/mol. The highest BCUT2D eigenvalue weighted by Crippen LogP contribution is 2.33. The molecule has 2 heterocycles. The molecule has 7 heteroatoms. The molecule has 172 valence electrons. The van der Waals surface area contributed by atoms with Crippen LogP contribution in [0.3, 0.4) is 0 Å². The van der Waals surface area contributed by atoms with E-state index in [1.54, 1.807) is 12.1 Å². The molecular weight excluding hydrogens is 422 g/mol. The molecule has 2 aromatic carbocycles. The highest BCUT2D eigenvalue weighted by atomic mass is 19.1. The second kappa shape index (κ2) is 9.06. The number of amides is 1. The summed E-state index contributed by atoms with van der Waals surface area (Å²) in [5.41, 5.74) is 4.28. The zero-order valence-corrected chi connectivity index (χ0v) is 18.8. The normalized spacial score (nSPS) is 16.0. The number of halogens is 2. The van der Waals surface area contributed by atoms with Gasteiger partial charge in [-0.25, -0.2) is 13.5 Å². The third kappa shape index (κ3) is 4.55. The van der Waals surface area contributed by atoms with Crippen molar-refractivity contribution in [1.29, 1.82) is 0 Å². The fourth-order valence-corrected chi connectivity index (χ4v) is 4.61. The average molecular weight is 451 g/mol. The molecule has 1 fully saturated rings. The van der Waals surface area contributed by atoms with Crippen molar-refractivity contribution in [3.05, 3.63) is 82.7 Å². The first-order valence-corrected chi connectivity index (χ1v) is 11.6. The van der Waals surface area contributed by atoms with Crippen LogP contribution in [0.4, 0.5) is 8.78 Å². The molecule has 0 N–H and O–H groups in total. The van der Waals surface area contributed by atoms with E-state index in [4.69, 9.17) is 5.10 Å². The topological polar surface area (TPSA) is 41.4 Å². The number of nitrogens with zero attached hydrogens (tertiary/aromatic N) is 4. The van der Waals surface area contributed by atoms with Crippen LogP contribution in [0.15, 0.2) is 48.5 Å². The zero-order valence-electron chi connectivity index (χ0n) is 18.8. The van der Waals surface area contributed by atoms with E-state index in [9.17, 15) is 13.6 Å². The summed E-state index contributed by atoms with van der Waals surface area (Å²) in [6.07, 6.45) is 2.64. The molecule has 1 aliphatic carbocycles. The molecule has 0 atom stereocenters. The summed E-state index contributed by atoms with van der Waals surface area (Å²) in [4.78, 5) is 16.8. The molecule has 1 aliphatic heterocycles. The summed E-state index contributed by atoms with van der Waals surface area (Å²) in [6.45, 7) is 4.92. The smallest absolute Gasteiger partial charge is 0.226 e. The molecule has 0 spiro atoms. The van der Waals surface area contributed by atoms with Crippen LogP contribution in [0.1, 0.15) is 42.3 Å². The molecule has 3 aromatic rings. The Hall–Kier alpha value is -3.06. The minimum Gasteiger partial charge on any atom is -0.337 e. The van der Waals surface area contributed by atoms with E-state index in [0.29, 0.717) is 37.4 Å². The highest BCUT2D eigenvalue weighted by Gasteiger charge is 2.34. The standard InChI is InChI=1S/C26H28F2N4O/c1-2-31(26(33)18-10-11-18)17-24-22-16-30(15-19-6-3-4-9-23(19)28)13-12-25(22)32(29-24)21-8-5-7-20(27)14-21/h3-9,14,18H,2,10-13,15-17H2,1H3. The zero-order chi connectivity index (χ0) is 22.9. The lowest BCUT2D eigenvalue weighted by molar-refractivity contribution is -0.133. The van der Waals surface area contributed by atoms with Crippen LogP contribution in [0.5, 0.6) is 0 Å². The maximum Gasteiger partial charge on any atom is 0.226 e. The number of carbonyl (C=O) groups is 1. The molecule has 33 heavy (non-hydrogen) atoms. The Morgan fingerprint density at radius 1 is 1.15 bits per heavy atom. The van der Waals surface area contributed by atoms with Crippen molar-refractivity contribution in [2.45, 2.75) is 45.8 Å². The SMILES string of the molecule is CCN(Cc1nn(-c2cccc(F)c2)c2c1CN(Cc1ccccc1F)CC2)C(=O)C1CC1. The van der Waals surface area contributed by atoms with Gasteiger partial charge in [-0.05, 0) is 44.0 Å². The van der Waals surface area contributed by atoms with E-state index in [2.05, 4.69) is 4.90 Å². The van der Waals surface area contributed by atoms with Gasteiger partial charge < -0.3 is 4.90 Å². The van der Waals surface area contributed by atoms with Crippen LogP contribution in [0.25, 0.3) is 5.69 Å². The van der Waals surface area contributed by atoms with Gasteiger partial charge in [0.1, 0.15) is 11.6 Å². The predicted octanol–water partition coefficient (Wildman–Crippen LogP) is 4.47. The van der Waals surface area contributed by atoms with Gasteiger partial charge in [-0.15, -0.1) is 0 Å². The van der Waals surface area contributed by atoms with Crippen LogP contribution in [0.2, 0.25) is 0 Å². The maximum absolute atomic E-state index is 14.2. The Kier molecular flexibility index (Phi) is 5.98. The van der Waals surface area contributed by atoms with Crippen LogP contribution >= 0.6 is 0 Å². The number of carbonyl (C=O) groups excluding carboxylic acids is 1. The van der Waals surface area contributed by atoms with Gasteiger partial charge in [0, 0.05) is 49.6 Å². The number of rotatable bonds is 7. The Bertz CT molecular complexity index is 1170. The van der Waals surface area contributed by atoms with Crippen molar-refractivity contribution in [1.82, 2.24) is 19.6 Å². The van der Waals surface area contributed by atoms with Crippen molar-refractivity contribution in [3.8, 4) is 5.69 Å². The second-order valence-corrected chi connectivity index (χ2v) is 8.94. The maximum atomic E-state index is 14.2. The van der Waals surface area contributed by atoms with E-state index in [-0.39, 0.29) is 23.5 Å².